The molecule has 1 aromatic carbocycles. The first-order valence-corrected chi connectivity index (χ1v) is 8.29. The fourth-order valence-corrected chi connectivity index (χ4v) is 2.54. The number of hydrogen-bond donors (Lipinski definition) is 1. The van der Waals surface area contributed by atoms with Gasteiger partial charge in [0.05, 0.1) is 10.9 Å². The smallest absolute Gasteiger partial charge is 0.175 e. The highest BCUT2D eigenvalue weighted by atomic mass is 32.2. The van der Waals surface area contributed by atoms with Gasteiger partial charge in [0.15, 0.2) is 9.84 Å². The second-order valence-corrected chi connectivity index (χ2v) is 6.75. The number of hydrogen-bond acceptors (Lipinski definition) is 3. The Hall–Kier alpha value is -1.31. The van der Waals surface area contributed by atoms with Crippen LogP contribution in [0, 0.1) is 12.3 Å². The van der Waals surface area contributed by atoms with E-state index < -0.39 is 9.84 Å². The van der Waals surface area contributed by atoms with Crippen molar-refractivity contribution in [1.82, 2.24) is 5.32 Å². The summed E-state index contributed by atoms with van der Waals surface area (Å²) >= 11 is 0. The zero-order valence-corrected chi connectivity index (χ0v) is 12.5. The Morgan fingerprint density at radius 1 is 1.32 bits per heavy atom. The van der Waals surface area contributed by atoms with Gasteiger partial charge in [-0.05, 0) is 31.0 Å². The van der Waals surface area contributed by atoms with Gasteiger partial charge in [0.2, 0.25) is 0 Å². The van der Waals surface area contributed by atoms with Crippen LogP contribution < -0.4 is 5.32 Å². The van der Waals surface area contributed by atoms with Gasteiger partial charge in [-0.15, -0.1) is 6.42 Å². The summed E-state index contributed by atoms with van der Waals surface area (Å²) in [5.74, 6) is 2.73. The van der Waals surface area contributed by atoms with Crippen molar-refractivity contribution in [3.63, 3.8) is 0 Å². The first-order valence-electron chi connectivity index (χ1n) is 6.40. The van der Waals surface area contributed by atoms with Gasteiger partial charge in [-0.3, -0.25) is 5.32 Å². The van der Waals surface area contributed by atoms with Gasteiger partial charge in [0.1, 0.15) is 0 Å². The van der Waals surface area contributed by atoms with Gasteiger partial charge in [0, 0.05) is 12.3 Å². The summed E-state index contributed by atoms with van der Waals surface area (Å²) in [6.07, 6.45) is 8.64. The van der Waals surface area contributed by atoms with E-state index in [1.54, 1.807) is 12.1 Å². The van der Waals surface area contributed by atoms with E-state index in [0.717, 1.165) is 18.4 Å². The second-order valence-electron chi connectivity index (χ2n) is 4.74. The van der Waals surface area contributed by atoms with E-state index in [2.05, 4.69) is 18.2 Å². The molecule has 0 aliphatic heterocycles. The van der Waals surface area contributed by atoms with Crippen LogP contribution in [0.25, 0.3) is 0 Å². The lowest BCUT2D eigenvalue weighted by molar-refractivity contribution is 0.495. The molecule has 1 N–H and O–H groups in total. The van der Waals surface area contributed by atoms with Gasteiger partial charge in [-0.1, -0.05) is 31.4 Å². The van der Waals surface area contributed by atoms with Crippen LogP contribution in [-0.2, 0) is 9.84 Å². The third-order valence-corrected chi connectivity index (χ3v) is 4.17. The summed E-state index contributed by atoms with van der Waals surface area (Å²) in [5, 5.41) is 3.36. The molecule has 0 aliphatic rings. The SMILES string of the molecule is C#CC(CCC)NC(C)c1ccc(S(C)(=O)=O)cc1. The fourth-order valence-electron chi connectivity index (χ4n) is 1.91. The lowest BCUT2D eigenvalue weighted by atomic mass is 10.1. The van der Waals surface area contributed by atoms with Crippen LogP contribution in [0.1, 0.15) is 38.3 Å². The molecule has 0 radical (unpaired) electrons. The molecule has 19 heavy (non-hydrogen) atoms. The van der Waals surface area contributed by atoms with E-state index in [0.29, 0.717) is 4.90 Å². The Labute approximate surface area is 116 Å². The number of benzene rings is 1. The van der Waals surface area contributed by atoms with Crippen molar-refractivity contribution in [3.05, 3.63) is 29.8 Å². The topological polar surface area (TPSA) is 46.2 Å². The van der Waals surface area contributed by atoms with E-state index in [4.69, 9.17) is 6.42 Å². The highest BCUT2D eigenvalue weighted by Gasteiger charge is 2.12. The van der Waals surface area contributed by atoms with Crippen LogP contribution in [-0.4, -0.2) is 20.7 Å². The average molecular weight is 279 g/mol. The van der Waals surface area contributed by atoms with Crippen molar-refractivity contribution in [1.29, 1.82) is 0 Å². The van der Waals surface area contributed by atoms with Crippen LogP contribution in [0.5, 0.6) is 0 Å². The molecule has 0 aliphatic carbocycles. The Morgan fingerprint density at radius 3 is 2.32 bits per heavy atom. The summed E-state index contributed by atoms with van der Waals surface area (Å²) in [7, 11) is -3.13. The second kappa shape index (κ2) is 6.74. The Balaban J connectivity index is 2.79. The highest BCUT2D eigenvalue weighted by Crippen LogP contribution is 2.17. The summed E-state index contributed by atoms with van der Waals surface area (Å²) in [5.41, 5.74) is 1.03. The Bertz CT molecular complexity index is 541. The molecule has 0 heterocycles. The minimum absolute atomic E-state index is 0.0505. The molecule has 1 rings (SSSR count). The van der Waals surface area contributed by atoms with Gasteiger partial charge < -0.3 is 0 Å². The number of nitrogens with one attached hydrogen (secondary N) is 1. The number of terminal acetylenes is 1. The lowest BCUT2D eigenvalue weighted by Crippen LogP contribution is -2.30. The molecule has 1 aromatic rings. The van der Waals surface area contributed by atoms with E-state index in [1.165, 1.54) is 6.26 Å². The van der Waals surface area contributed by atoms with Crippen LogP contribution in [0.15, 0.2) is 29.2 Å². The monoisotopic (exact) mass is 279 g/mol. The standard InChI is InChI=1S/C15H21NO2S/c1-5-7-14(6-2)16-12(3)13-8-10-15(11-9-13)19(4,17)18/h2,8-12,14,16H,5,7H2,1,3-4H3. The minimum Gasteiger partial charge on any atom is -0.297 e. The molecule has 2 unspecified atom stereocenters. The molecule has 3 nitrogen and oxygen atoms in total. The first-order chi connectivity index (χ1) is 8.88. The van der Waals surface area contributed by atoms with E-state index in [-0.39, 0.29) is 12.1 Å². The summed E-state index contributed by atoms with van der Waals surface area (Å²) in [4.78, 5) is 0.338. The number of sulfone groups is 1. The van der Waals surface area contributed by atoms with Crippen molar-refractivity contribution >= 4 is 9.84 Å². The minimum atomic E-state index is -3.13. The first kappa shape index (κ1) is 15.7. The van der Waals surface area contributed by atoms with Crippen LogP contribution in [0.4, 0.5) is 0 Å². The molecule has 0 spiro atoms. The third kappa shape index (κ3) is 4.70. The zero-order chi connectivity index (χ0) is 14.5. The molecule has 0 bridgehead atoms. The van der Waals surface area contributed by atoms with Crippen LogP contribution >= 0.6 is 0 Å². The largest absolute Gasteiger partial charge is 0.297 e. The van der Waals surface area contributed by atoms with Gasteiger partial charge in [-0.2, -0.15) is 0 Å². The maximum Gasteiger partial charge on any atom is 0.175 e. The molecule has 0 saturated carbocycles. The van der Waals surface area contributed by atoms with Crippen LogP contribution in [0.3, 0.4) is 0 Å². The molecule has 0 aromatic heterocycles. The summed E-state index contributed by atoms with van der Waals surface area (Å²) in [6, 6.07) is 7.07. The van der Waals surface area contributed by atoms with Crippen molar-refractivity contribution in [2.24, 2.45) is 0 Å². The average Bonchev–Trinajstić information content (AvgIpc) is 2.37. The number of rotatable bonds is 6. The predicted octanol–water partition coefficient (Wildman–Crippen LogP) is 2.54. The summed E-state index contributed by atoms with van der Waals surface area (Å²) < 4.78 is 22.8. The van der Waals surface area contributed by atoms with Crippen molar-refractivity contribution < 1.29 is 8.42 Å². The van der Waals surface area contributed by atoms with E-state index in [1.807, 2.05) is 19.1 Å². The van der Waals surface area contributed by atoms with Crippen molar-refractivity contribution in [2.45, 2.75) is 43.7 Å². The lowest BCUT2D eigenvalue weighted by Gasteiger charge is -2.19. The van der Waals surface area contributed by atoms with Crippen LogP contribution in [0.2, 0.25) is 0 Å². The normalized spacial score (nSPS) is 14.6. The van der Waals surface area contributed by atoms with Gasteiger partial charge >= 0.3 is 0 Å². The quantitative estimate of drug-likeness (QED) is 0.814. The maximum atomic E-state index is 11.4. The predicted molar refractivity (Wildman–Crippen MR) is 78.6 cm³/mol. The Kier molecular flexibility index (Phi) is 5.59. The molecule has 104 valence electrons. The third-order valence-electron chi connectivity index (χ3n) is 3.04. The molecule has 4 heteroatoms. The highest BCUT2D eigenvalue weighted by molar-refractivity contribution is 7.90. The van der Waals surface area contributed by atoms with E-state index in [9.17, 15) is 8.42 Å². The van der Waals surface area contributed by atoms with Gasteiger partial charge in [0.25, 0.3) is 0 Å². The molecule has 0 amide bonds. The molecule has 0 fully saturated rings. The zero-order valence-electron chi connectivity index (χ0n) is 11.7. The molecular formula is C15H21NO2S. The van der Waals surface area contributed by atoms with Crippen molar-refractivity contribution in [3.8, 4) is 12.3 Å². The van der Waals surface area contributed by atoms with Crippen molar-refractivity contribution in [2.75, 3.05) is 6.26 Å². The fraction of sp³-hybridized carbons (Fsp3) is 0.467. The van der Waals surface area contributed by atoms with Gasteiger partial charge in [-0.25, -0.2) is 8.42 Å². The Morgan fingerprint density at radius 2 is 1.89 bits per heavy atom. The molecule has 2 atom stereocenters. The maximum absolute atomic E-state index is 11.4. The summed E-state index contributed by atoms with van der Waals surface area (Å²) in [6.45, 7) is 4.12. The molecular weight excluding hydrogens is 258 g/mol. The van der Waals surface area contributed by atoms with E-state index >= 15 is 0 Å². The molecule has 0 saturated heterocycles.